The van der Waals surface area contributed by atoms with Crippen molar-refractivity contribution >= 4 is 23.2 Å². The normalized spacial score (nSPS) is 10.6. The second kappa shape index (κ2) is 7.89. The number of anilines is 1. The average molecular weight is 356 g/mol. The fourth-order valence-electron chi connectivity index (χ4n) is 2.59. The van der Waals surface area contributed by atoms with Crippen molar-refractivity contribution in [3.8, 4) is 5.13 Å². The monoisotopic (exact) mass is 356 g/mol. The van der Waals surface area contributed by atoms with Crippen LogP contribution >= 0.6 is 11.3 Å². The number of amides is 1. The summed E-state index contributed by atoms with van der Waals surface area (Å²) < 4.78 is 2.01. The maximum absolute atomic E-state index is 12.4. The van der Waals surface area contributed by atoms with Gasteiger partial charge in [-0.25, -0.2) is 15.0 Å². The molecular formula is C17H20N6OS. The molecule has 1 amide bonds. The van der Waals surface area contributed by atoms with E-state index in [1.165, 1.54) is 0 Å². The first kappa shape index (κ1) is 17.1. The third kappa shape index (κ3) is 4.03. The van der Waals surface area contributed by atoms with Crippen molar-refractivity contribution in [2.45, 2.75) is 20.3 Å². The Morgan fingerprint density at radius 3 is 2.68 bits per heavy atom. The molecule has 8 heteroatoms. The highest BCUT2D eigenvalue weighted by Crippen LogP contribution is 2.22. The lowest BCUT2D eigenvalue weighted by molar-refractivity contribution is 0.0953. The van der Waals surface area contributed by atoms with E-state index in [9.17, 15) is 4.79 Å². The van der Waals surface area contributed by atoms with Gasteiger partial charge in [0.25, 0.3) is 5.91 Å². The van der Waals surface area contributed by atoms with Crippen LogP contribution in [0.5, 0.6) is 0 Å². The van der Waals surface area contributed by atoms with Gasteiger partial charge in [-0.05, 0) is 32.4 Å². The van der Waals surface area contributed by atoms with Gasteiger partial charge in [0.15, 0.2) is 5.13 Å². The molecule has 0 spiro atoms. The summed E-state index contributed by atoms with van der Waals surface area (Å²) in [6.07, 6.45) is 5.93. The molecule has 0 aliphatic heterocycles. The number of thiazole rings is 1. The van der Waals surface area contributed by atoms with Crippen molar-refractivity contribution in [2.24, 2.45) is 0 Å². The Kier molecular flexibility index (Phi) is 5.39. The van der Waals surface area contributed by atoms with Crippen molar-refractivity contribution < 1.29 is 4.79 Å². The van der Waals surface area contributed by atoms with Crippen LogP contribution in [0.3, 0.4) is 0 Å². The summed E-state index contributed by atoms with van der Waals surface area (Å²) in [6.45, 7) is 5.20. The SMILES string of the molecule is Cc1cc(C(=O)NCCCNc2ncccn2)c(C)n1-c1nccs1. The van der Waals surface area contributed by atoms with Crippen LogP contribution in [0.25, 0.3) is 5.13 Å². The maximum atomic E-state index is 12.4. The second-order valence-electron chi connectivity index (χ2n) is 5.54. The number of aryl methyl sites for hydroxylation is 1. The van der Waals surface area contributed by atoms with E-state index in [0.717, 1.165) is 22.9 Å². The molecule has 0 aliphatic carbocycles. The lowest BCUT2D eigenvalue weighted by Gasteiger charge is -2.07. The summed E-state index contributed by atoms with van der Waals surface area (Å²) in [5, 5.41) is 8.88. The molecule has 0 saturated carbocycles. The van der Waals surface area contributed by atoms with E-state index in [-0.39, 0.29) is 5.91 Å². The smallest absolute Gasteiger partial charge is 0.253 e. The van der Waals surface area contributed by atoms with E-state index >= 15 is 0 Å². The molecule has 0 bridgehead atoms. The van der Waals surface area contributed by atoms with E-state index < -0.39 is 0 Å². The summed E-state index contributed by atoms with van der Waals surface area (Å²) >= 11 is 1.55. The molecular weight excluding hydrogens is 336 g/mol. The van der Waals surface area contributed by atoms with Crippen molar-refractivity contribution in [2.75, 3.05) is 18.4 Å². The van der Waals surface area contributed by atoms with Crippen molar-refractivity contribution in [3.05, 3.63) is 53.1 Å². The largest absolute Gasteiger partial charge is 0.354 e. The molecule has 3 heterocycles. The Balaban J connectivity index is 1.53. The molecule has 0 unspecified atom stereocenters. The number of nitrogens with one attached hydrogen (secondary N) is 2. The zero-order valence-corrected chi connectivity index (χ0v) is 15.0. The number of rotatable bonds is 7. The Morgan fingerprint density at radius 1 is 1.16 bits per heavy atom. The molecule has 0 saturated heterocycles. The third-order valence-corrected chi connectivity index (χ3v) is 4.53. The highest BCUT2D eigenvalue weighted by Gasteiger charge is 2.17. The van der Waals surface area contributed by atoms with Gasteiger partial charge in [0.1, 0.15) is 0 Å². The Bertz CT molecular complexity index is 828. The van der Waals surface area contributed by atoms with Crippen LogP contribution in [-0.4, -0.2) is 38.5 Å². The molecule has 130 valence electrons. The van der Waals surface area contributed by atoms with Crippen molar-refractivity contribution in [3.63, 3.8) is 0 Å². The number of hydrogen-bond donors (Lipinski definition) is 2. The summed E-state index contributed by atoms with van der Waals surface area (Å²) in [5.41, 5.74) is 2.59. The van der Waals surface area contributed by atoms with Crippen LogP contribution in [-0.2, 0) is 0 Å². The Morgan fingerprint density at radius 2 is 1.96 bits per heavy atom. The number of hydrogen-bond acceptors (Lipinski definition) is 6. The predicted molar refractivity (Wildman–Crippen MR) is 98.4 cm³/mol. The average Bonchev–Trinajstić information content (AvgIpc) is 3.23. The predicted octanol–water partition coefficient (Wildman–Crippen LogP) is 2.57. The zero-order chi connectivity index (χ0) is 17.6. The lowest BCUT2D eigenvalue weighted by atomic mass is 10.2. The van der Waals surface area contributed by atoms with Gasteiger partial charge in [-0.3, -0.25) is 9.36 Å². The molecule has 25 heavy (non-hydrogen) atoms. The van der Waals surface area contributed by atoms with Gasteiger partial charge in [-0.1, -0.05) is 0 Å². The molecule has 2 N–H and O–H groups in total. The first-order chi connectivity index (χ1) is 12.2. The molecule has 0 radical (unpaired) electrons. The molecule has 3 aromatic rings. The van der Waals surface area contributed by atoms with Gasteiger partial charge in [0, 0.05) is 48.4 Å². The van der Waals surface area contributed by atoms with Gasteiger partial charge in [0.05, 0.1) is 5.56 Å². The summed E-state index contributed by atoms with van der Waals surface area (Å²) in [7, 11) is 0. The van der Waals surface area contributed by atoms with Crippen LogP contribution < -0.4 is 10.6 Å². The molecule has 3 rings (SSSR count). The highest BCUT2D eigenvalue weighted by atomic mass is 32.1. The van der Waals surface area contributed by atoms with E-state index in [0.29, 0.717) is 24.6 Å². The molecule has 0 aromatic carbocycles. The zero-order valence-electron chi connectivity index (χ0n) is 14.2. The highest BCUT2D eigenvalue weighted by molar-refractivity contribution is 7.12. The number of aromatic nitrogens is 4. The molecule has 3 aromatic heterocycles. The first-order valence-corrected chi connectivity index (χ1v) is 8.92. The molecule has 0 aliphatic rings. The van der Waals surface area contributed by atoms with Gasteiger partial charge < -0.3 is 10.6 Å². The topological polar surface area (TPSA) is 84.7 Å². The minimum Gasteiger partial charge on any atom is -0.354 e. The van der Waals surface area contributed by atoms with Gasteiger partial charge in [-0.15, -0.1) is 11.3 Å². The van der Waals surface area contributed by atoms with Gasteiger partial charge >= 0.3 is 0 Å². The van der Waals surface area contributed by atoms with E-state index in [1.54, 1.807) is 36.0 Å². The van der Waals surface area contributed by atoms with Gasteiger partial charge in [-0.2, -0.15) is 0 Å². The summed E-state index contributed by atoms with van der Waals surface area (Å²) in [5.74, 6) is 0.535. The van der Waals surface area contributed by atoms with Crippen LogP contribution in [0.2, 0.25) is 0 Å². The third-order valence-electron chi connectivity index (χ3n) is 3.77. The fraction of sp³-hybridized carbons (Fsp3) is 0.294. The van der Waals surface area contributed by atoms with Crippen molar-refractivity contribution in [1.29, 1.82) is 0 Å². The quantitative estimate of drug-likeness (QED) is 0.636. The standard InChI is InChI=1S/C17H20N6OS/c1-12-11-14(13(2)23(12)17-22-9-10-25-17)15(24)18-5-3-6-19-16-20-7-4-8-21-16/h4,7-11H,3,5-6H2,1-2H3,(H,18,24)(H,19,20,21). The van der Waals surface area contributed by atoms with E-state index in [2.05, 4.69) is 25.6 Å². The van der Waals surface area contributed by atoms with Crippen LogP contribution in [0.4, 0.5) is 5.95 Å². The number of carbonyl (C=O) groups is 1. The van der Waals surface area contributed by atoms with E-state index in [1.807, 2.05) is 29.9 Å². The van der Waals surface area contributed by atoms with Crippen LogP contribution in [0.1, 0.15) is 28.2 Å². The van der Waals surface area contributed by atoms with Crippen molar-refractivity contribution in [1.82, 2.24) is 24.8 Å². The lowest BCUT2D eigenvalue weighted by Crippen LogP contribution is -2.26. The summed E-state index contributed by atoms with van der Waals surface area (Å²) in [4.78, 5) is 25.0. The molecule has 0 fully saturated rings. The first-order valence-electron chi connectivity index (χ1n) is 8.04. The van der Waals surface area contributed by atoms with Crippen LogP contribution in [0, 0.1) is 13.8 Å². The molecule has 7 nitrogen and oxygen atoms in total. The second-order valence-corrected chi connectivity index (χ2v) is 6.42. The maximum Gasteiger partial charge on any atom is 0.253 e. The Labute approximate surface area is 150 Å². The van der Waals surface area contributed by atoms with Crippen LogP contribution in [0.15, 0.2) is 36.1 Å². The molecule has 0 atom stereocenters. The fourth-order valence-corrected chi connectivity index (χ4v) is 3.34. The van der Waals surface area contributed by atoms with E-state index in [4.69, 9.17) is 0 Å². The minimum absolute atomic E-state index is 0.0631. The van der Waals surface area contributed by atoms with Gasteiger partial charge in [0.2, 0.25) is 5.95 Å². The number of nitrogens with zero attached hydrogens (tertiary/aromatic N) is 4. The minimum atomic E-state index is -0.0631. The Hall–Kier alpha value is -2.74. The summed E-state index contributed by atoms with van der Waals surface area (Å²) in [6, 6.07) is 3.68. The number of carbonyl (C=O) groups excluding carboxylic acids is 1.